The van der Waals surface area contributed by atoms with Gasteiger partial charge in [0.1, 0.15) is 5.75 Å². The number of nitrogens with one attached hydrogen (secondary N) is 1. The summed E-state index contributed by atoms with van der Waals surface area (Å²) in [4.78, 5) is 36.8. The third-order valence-corrected chi connectivity index (χ3v) is 4.06. The minimum Gasteiger partial charge on any atom is -0.481 e. The molecule has 1 aliphatic rings. The number of rotatable bonds is 4. The van der Waals surface area contributed by atoms with Gasteiger partial charge in [-0.05, 0) is 49.7 Å². The first-order chi connectivity index (χ1) is 11.9. The Morgan fingerprint density at radius 3 is 2.28 bits per heavy atom. The molecule has 6 nitrogen and oxygen atoms in total. The van der Waals surface area contributed by atoms with Crippen molar-refractivity contribution in [2.45, 2.75) is 20.0 Å². The molecule has 0 bridgehead atoms. The summed E-state index contributed by atoms with van der Waals surface area (Å²) in [6, 6.07) is 11.4. The van der Waals surface area contributed by atoms with Crippen LogP contribution in [0.15, 0.2) is 42.5 Å². The fraction of sp³-hybridized carbons (Fsp3) is 0.167. The van der Waals surface area contributed by atoms with Gasteiger partial charge in [0.15, 0.2) is 6.10 Å². The first-order valence-electron chi connectivity index (χ1n) is 7.59. The first kappa shape index (κ1) is 17.0. The first-order valence-corrected chi connectivity index (χ1v) is 7.97. The zero-order valence-corrected chi connectivity index (χ0v) is 14.3. The summed E-state index contributed by atoms with van der Waals surface area (Å²) < 4.78 is 5.60. The van der Waals surface area contributed by atoms with E-state index in [-0.39, 0.29) is 11.1 Å². The van der Waals surface area contributed by atoms with Crippen molar-refractivity contribution in [3.63, 3.8) is 0 Å². The van der Waals surface area contributed by atoms with Crippen molar-refractivity contribution in [1.82, 2.24) is 10.4 Å². The zero-order chi connectivity index (χ0) is 18.1. The maximum absolute atomic E-state index is 12.3. The van der Waals surface area contributed by atoms with Crippen LogP contribution in [0.2, 0.25) is 5.02 Å². The molecule has 0 saturated carbocycles. The van der Waals surface area contributed by atoms with Crippen LogP contribution in [0.1, 0.15) is 33.2 Å². The predicted octanol–water partition coefficient (Wildman–Crippen LogP) is 2.74. The van der Waals surface area contributed by atoms with Crippen LogP contribution in [0.3, 0.4) is 0 Å². The van der Waals surface area contributed by atoms with Crippen LogP contribution in [0, 0.1) is 6.92 Å². The van der Waals surface area contributed by atoms with Gasteiger partial charge in [0.05, 0.1) is 11.1 Å². The lowest BCUT2D eigenvalue weighted by atomic mass is 10.1. The maximum Gasteiger partial charge on any atom is 0.280 e. The van der Waals surface area contributed by atoms with E-state index in [1.54, 1.807) is 49.4 Å². The number of carbonyl (C=O) groups excluding carboxylic acids is 3. The molecule has 0 aliphatic carbocycles. The van der Waals surface area contributed by atoms with E-state index in [4.69, 9.17) is 16.3 Å². The minimum atomic E-state index is -0.913. The van der Waals surface area contributed by atoms with Gasteiger partial charge in [-0.25, -0.2) is 0 Å². The molecule has 2 aromatic rings. The van der Waals surface area contributed by atoms with Gasteiger partial charge in [-0.15, -0.1) is 0 Å². The third kappa shape index (κ3) is 3.21. The van der Waals surface area contributed by atoms with Crippen molar-refractivity contribution in [1.29, 1.82) is 0 Å². The number of hydrogen-bond acceptors (Lipinski definition) is 4. The fourth-order valence-electron chi connectivity index (χ4n) is 2.48. The number of amides is 3. The summed E-state index contributed by atoms with van der Waals surface area (Å²) >= 11 is 5.89. The number of carbonyl (C=O) groups is 3. The van der Waals surface area contributed by atoms with E-state index in [2.05, 4.69) is 5.43 Å². The minimum absolute atomic E-state index is 0.259. The van der Waals surface area contributed by atoms with E-state index in [9.17, 15) is 14.4 Å². The molecule has 0 fully saturated rings. The van der Waals surface area contributed by atoms with E-state index in [1.165, 1.54) is 6.92 Å². The molecule has 128 valence electrons. The molecule has 1 N–H and O–H groups in total. The molecule has 3 amide bonds. The number of hydrogen-bond donors (Lipinski definition) is 1. The fourth-order valence-corrected chi connectivity index (χ4v) is 2.71. The summed E-state index contributed by atoms with van der Waals surface area (Å²) in [5.41, 5.74) is 3.61. The highest BCUT2D eigenvalue weighted by atomic mass is 35.5. The molecule has 0 spiro atoms. The average Bonchev–Trinajstić information content (AvgIpc) is 2.82. The normalized spacial score (nSPS) is 14.3. The lowest BCUT2D eigenvalue weighted by Crippen LogP contribution is -2.50. The molecule has 1 atom stereocenters. The molecule has 1 aliphatic heterocycles. The van der Waals surface area contributed by atoms with Crippen LogP contribution in [-0.4, -0.2) is 28.8 Å². The molecular weight excluding hydrogens is 344 g/mol. The molecule has 2 aromatic carbocycles. The zero-order valence-electron chi connectivity index (χ0n) is 13.6. The van der Waals surface area contributed by atoms with Crippen LogP contribution >= 0.6 is 11.6 Å². The van der Waals surface area contributed by atoms with E-state index >= 15 is 0 Å². The Balaban J connectivity index is 1.70. The molecular formula is C18H15ClN2O4. The Morgan fingerprint density at radius 2 is 1.72 bits per heavy atom. The van der Waals surface area contributed by atoms with Gasteiger partial charge in [-0.1, -0.05) is 23.7 Å². The van der Waals surface area contributed by atoms with Gasteiger partial charge >= 0.3 is 0 Å². The summed E-state index contributed by atoms with van der Waals surface area (Å²) in [7, 11) is 0. The number of hydrazine groups is 1. The lowest BCUT2D eigenvalue weighted by Gasteiger charge is -2.20. The smallest absolute Gasteiger partial charge is 0.280 e. The Kier molecular flexibility index (Phi) is 4.46. The highest BCUT2D eigenvalue weighted by Gasteiger charge is 2.37. The van der Waals surface area contributed by atoms with Gasteiger partial charge in [-0.3, -0.25) is 19.8 Å². The number of benzene rings is 2. The van der Waals surface area contributed by atoms with Crippen molar-refractivity contribution >= 4 is 29.3 Å². The van der Waals surface area contributed by atoms with Gasteiger partial charge in [-0.2, -0.15) is 5.01 Å². The summed E-state index contributed by atoms with van der Waals surface area (Å²) in [5.74, 6) is -1.24. The Bertz CT molecular complexity index is 846. The monoisotopic (exact) mass is 358 g/mol. The third-order valence-electron chi connectivity index (χ3n) is 3.83. The largest absolute Gasteiger partial charge is 0.481 e. The Labute approximate surface area is 149 Å². The van der Waals surface area contributed by atoms with Crippen LogP contribution in [0.25, 0.3) is 0 Å². The molecule has 0 saturated heterocycles. The second kappa shape index (κ2) is 6.57. The maximum atomic E-state index is 12.3. The predicted molar refractivity (Wildman–Crippen MR) is 91.4 cm³/mol. The highest BCUT2D eigenvalue weighted by Crippen LogP contribution is 2.23. The van der Waals surface area contributed by atoms with Crippen molar-refractivity contribution < 1.29 is 19.1 Å². The Morgan fingerprint density at radius 1 is 1.12 bits per heavy atom. The molecule has 0 unspecified atom stereocenters. The average molecular weight is 359 g/mol. The number of fused-ring (bicyclic) bond motifs is 1. The van der Waals surface area contributed by atoms with E-state index < -0.39 is 23.8 Å². The van der Waals surface area contributed by atoms with Crippen LogP contribution in [0.5, 0.6) is 5.75 Å². The SMILES string of the molecule is Cc1cc(Cl)ccc1O[C@@H](C)C(=O)NN1C(=O)c2ccccc2C1=O. The van der Waals surface area contributed by atoms with E-state index in [1.807, 2.05) is 0 Å². The van der Waals surface area contributed by atoms with Crippen LogP contribution in [0.4, 0.5) is 0 Å². The van der Waals surface area contributed by atoms with E-state index in [0.717, 1.165) is 5.56 Å². The molecule has 25 heavy (non-hydrogen) atoms. The van der Waals surface area contributed by atoms with Gasteiger partial charge < -0.3 is 4.74 Å². The standard InChI is InChI=1S/C18H15ClN2O4/c1-10-9-12(19)7-8-15(10)25-11(2)16(22)20-21-17(23)13-5-3-4-6-14(13)18(21)24/h3-9,11H,1-2H3,(H,20,22)/t11-/m0/s1. The number of imide groups is 1. The molecule has 0 radical (unpaired) electrons. The summed E-state index contributed by atoms with van der Waals surface area (Å²) in [6.45, 7) is 3.33. The molecule has 3 rings (SSSR count). The quantitative estimate of drug-likeness (QED) is 0.853. The van der Waals surface area contributed by atoms with Crippen molar-refractivity contribution in [3.05, 3.63) is 64.2 Å². The van der Waals surface area contributed by atoms with Crippen molar-refractivity contribution in [3.8, 4) is 5.75 Å². The van der Waals surface area contributed by atoms with Crippen LogP contribution in [-0.2, 0) is 4.79 Å². The molecule has 7 heteroatoms. The second-order valence-electron chi connectivity index (χ2n) is 5.64. The summed E-state index contributed by atoms with van der Waals surface area (Å²) in [6.07, 6.45) is -0.913. The van der Waals surface area contributed by atoms with Crippen LogP contribution < -0.4 is 10.2 Å². The highest BCUT2D eigenvalue weighted by molar-refractivity contribution is 6.30. The van der Waals surface area contributed by atoms with Crippen molar-refractivity contribution in [2.24, 2.45) is 0 Å². The lowest BCUT2D eigenvalue weighted by molar-refractivity contribution is -0.130. The van der Waals surface area contributed by atoms with E-state index in [0.29, 0.717) is 15.8 Å². The topological polar surface area (TPSA) is 75.7 Å². The van der Waals surface area contributed by atoms with Crippen molar-refractivity contribution in [2.75, 3.05) is 0 Å². The van der Waals surface area contributed by atoms with Gasteiger partial charge in [0, 0.05) is 5.02 Å². The number of halogens is 1. The summed E-state index contributed by atoms with van der Waals surface area (Å²) in [5, 5.41) is 1.27. The van der Waals surface area contributed by atoms with Gasteiger partial charge in [0.25, 0.3) is 17.7 Å². The number of nitrogens with zero attached hydrogens (tertiary/aromatic N) is 1. The number of aryl methyl sites for hydroxylation is 1. The molecule has 1 heterocycles. The Hall–Kier alpha value is -2.86. The van der Waals surface area contributed by atoms with Gasteiger partial charge in [0.2, 0.25) is 0 Å². The molecule has 0 aromatic heterocycles. The second-order valence-corrected chi connectivity index (χ2v) is 6.07. The number of ether oxygens (including phenoxy) is 1.